The van der Waals surface area contributed by atoms with Gasteiger partial charge in [0.25, 0.3) is 17.3 Å². The first kappa shape index (κ1) is 16.2. The molecule has 0 amide bonds. The molecule has 1 aromatic carbocycles. The quantitative estimate of drug-likeness (QED) is 0.510. The number of nitrogens with zero attached hydrogens (tertiary/aromatic N) is 4. The van der Waals surface area contributed by atoms with Crippen molar-refractivity contribution in [3.8, 4) is 10.8 Å². The molecule has 3 aromatic heterocycles. The topological polar surface area (TPSA) is 100 Å². The Balaban J connectivity index is 1.57. The number of esters is 1. The molecular weight excluding hydrogens is 356 g/mol. The van der Waals surface area contributed by atoms with Crippen molar-refractivity contribution in [3.63, 3.8) is 0 Å². The molecule has 26 heavy (non-hydrogen) atoms. The third kappa shape index (κ3) is 2.88. The number of rotatable bonds is 4. The minimum absolute atomic E-state index is 0.0562. The average molecular weight is 368 g/mol. The lowest BCUT2D eigenvalue weighted by atomic mass is 10.1. The highest BCUT2D eigenvalue weighted by molar-refractivity contribution is 7.13. The van der Waals surface area contributed by atoms with E-state index in [-0.39, 0.29) is 23.8 Å². The van der Waals surface area contributed by atoms with E-state index in [0.717, 1.165) is 9.56 Å². The highest BCUT2D eigenvalue weighted by Crippen LogP contribution is 2.23. The Bertz CT molecular complexity index is 1150. The van der Waals surface area contributed by atoms with Crippen LogP contribution in [0.1, 0.15) is 16.4 Å². The number of aromatic nitrogens is 4. The monoisotopic (exact) mass is 368 g/mol. The Hall–Kier alpha value is -3.33. The third-order valence-corrected chi connectivity index (χ3v) is 4.53. The molecule has 9 heteroatoms. The van der Waals surface area contributed by atoms with Crippen molar-refractivity contribution in [2.45, 2.75) is 6.61 Å². The Morgan fingerprint density at radius 3 is 2.77 bits per heavy atom. The molecule has 0 N–H and O–H groups in total. The number of hydrogen-bond donors (Lipinski definition) is 0. The second-order valence-corrected chi connectivity index (χ2v) is 6.33. The van der Waals surface area contributed by atoms with Crippen molar-refractivity contribution in [1.82, 2.24) is 20.0 Å². The van der Waals surface area contributed by atoms with Crippen molar-refractivity contribution in [3.05, 3.63) is 63.7 Å². The summed E-state index contributed by atoms with van der Waals surface area (Å²) in [6.45, 7) is -0.184. The fraction of sp³-hybridized carbons (Fsp3) is 0.118. The lowest BCUT2D eigenvalue weighted by molar-refractivity contribution is 0.0431. The second kappa shape index (κ2) is 6.52. The molecule has 130 valence electrons. The molecule has 0 saturated heterocycles. The van der Waals surface area contributed by atoms with Crippen LogP contribution in [-0.2, 0) is 18.4 Å². The van der Waals surface area contributed by atoms with Gasteiger partial charge in [-0.05, 0) is 17.5 Å². The minimum Gasteiger partial charge on any atom is -0.451 e. The van der Waals surface area contributed by atoms with Gasteiger partial charge in [0.15, 0.2) is 12.3 Å². The third-order valence-electron chi connectivity index (χ3n) is 3.68. The number of carbonyl (C=O) groups is 1. The second-order valence-electron chi connectivity index (χ2n) is 5.38. The van der Waals surface area contributed by atoms with Gasteiger partial charge >= 0.3 is 5.97 Å². The van der Waals surface area contributed by atoms with Crippen LogP contribution in [0.4, 0.5) is 0 Å². The van der Waals surface area contributed by atoms with Gasteiger partial charge in [-0.3, -0.25) is 4.79 Å². The van der Waals surface area contributed by atoms with Crippen LogP contribution in [0.15, 0.2) is 51.0 Å². The zero-order valence-corrected chi connectivity index (χ0v) is 14.4. The summed E-state index contributed by atoms with van der Waals surface area (Å²) in [6.07, 6.45) is 0. The molecule has 0 radical (unpaired) electrons. The number of aryl methyl sites for hydroxylation is 1. The molecule has 0 atom stereocenters. The van der Waals surface area contributed by atoms with Crippen LogP contribution in [0, 0.1) is 0 Å². The molecule has 0 aliphatic rings. The maximum Gasteiger partial charge on any atom is 0.359 e. The summed E-state index contributed by atoms with van der Waals surface area (Å²) < 4.78 is 11.8. The van der Waals surface area contributed by atoms with E-state index >= 15 is 0 Å². The predicted octanol–water partition coefficient (Wildman–Crippen LogP) is 2.40. The number of fused-ring (bicyclic) bond motifs is 1. The van der Waals surface area contributed by atoms with E-state index in [4.69, 9.17) is 9.15 Å². The van der Waals surface area contributed by atoms with Gasteiger partial charge in [-0.1, -0.05) is 24.3 Å². The van der Waals surface area contributed by atoms with Crippen LogP contribution in [0.3, 0.4) is 0 Å². The molecule has 0 saturated carbocycles. The molecule has 4 aromatic rings. The van der Waals surface area contributed by atoms with Crippen LogP contribution in [0.5, 0.6) is 0 Å². The van der Waals surface area contributed by atoms with Gasteiger partial charge in [-0.15, -0.1) is 21.5 Å². The van der Waals surface area contributed by atoms with Gasteiger partial charge < -0.3 is 9.15 Å². The Morgan fingerprint density at radius 1 is 1.19 bits per heavy atom. The lowest BCUT2D eigenvalue weighted by Crippen LogP contribution is -2.23. The van der Waals surface area contributed by atoms with Gasteiger partial charge in [-0.25, -0.2) is 9.48 Å². The Morgan fingerprint density at radius 2 is 2.00 bits per heavy atom. The summed E-state index contributed by atoms with van der Waals surface area (Å²) >= 11 is 1.47. The minimum atomic E-state index is -0.673. The summed E-state index contributed by atoms with van der Waals surface area (Å²) in [7, 11) is 1.48. The first-order valence-corrected chi connectivity index (χ1v) is 8.51. The van der Waals surface area contributed by atoms with Crippen LogP contribution in [0.25, 0.3) is 21.5 Å². The zero-order valence-electron chi connectivity index (χ0n) is 13.6. The molecule has 4 rings (SSSR count). The molecule has 0 fully saturated rings. The average Bonchev–Trinajstić information content (AvgIpc) is 3.34. The first-order chi connectivity index (χ1) is 12.6. The fourth-order valence-corrected chi connectivity index (χ4v) is 3.10. The van der Waals surface area contributed by atoms with E-state index < -0.39 is 5.97 Å². The number of hydrogen-bond acceptors (Lipinski definition) is 8. The van der Waals surface area contributed by atoms with Crippen molar-refractivity contribution in [2.24, 2.45) is 7.05 Å². The summed E-state index contributed by atoms with van der Waals surface area (Å²) in [6, 6.07) is 10.5. The van der Waals surface area contributed by atoms with E-state index in [1.54, 1.807) is 24.3 Å². The molecule has 0 bridgehead atoms. The first-order valence-electron chi connectivity index (χ1n) is 7.63. The van der Waals surface area contributed by atoms with Crippen LogP contribution < -0.4 is 5.56 Å². The van der Waals surface area contributed by atoms with Crippen molar-refractivity contribution < 1.29 is 13.9 Å². The number of benzene rings is 1. The normalized spacial score (nSPS) is 11.0. The number of ether oxygens (including phenoxy) is 1. The standard InChI is InChI=1S/C17H12N4O4S/c1-21-16(22)11-6-3-2-5-10(11)14(20-21)17(23)24-9-13-18-19-15(25-13)12-7-4-8-26-12/h2-8H,9H2,1H3. The molecule has 0 spiro atoms. The number of carbonyl (C=O) groups excluding carboxylic acids is 1. The molecule has 0 unspecified atom stereocenters. The van der Waals surface area contributed by atoms with E-state index in [1.165, 1.54) is 18.4 Å². The predicted molar refractivity (Wildman–Crippen MR) is 93.7 cm³/mol. The van der Waals surface area contributed by atoms with Crippen LogP contribution in [0.2, 0.25) is 0 Å². The number of thiophene rings is 1. The Kier molecular flexibility index (Phi) is 4.05. The van der Waals surface area contributed by atoms with E-state index in [2.05, 4.69) is 15.3 Å². The van der Waals surface area contributed by atoms with E-state index in [0.29, 0.717) is 16.7 Å². The smallest absolute Gasteiger partial charge is 0.359 e. The Labute approximate surface area is 150 Å². The van der Waals surface area contributed by atoms with Crippen LogP contribution in [-0.4, -0.2) is 25.9 Å². The fourth-order valence-electron chi connectivity index (χ4n) is 2.46. The van der Waals surface area contributed by atoms with Gasteiger partial charge in [-0.2, -0.15) is 5.10 Å². The highest BCUT2D eigenvalue weighted by Gasteiger charge is 2.18. The maximum atomic E-state index is 12.4. The van der Waals surface area contributed by atoms with Gasteiger partial charge in [0, 0.05) is 12.4 Å². The largest absolute Gasteiger partial charge is 0.451 e. The summed E-state index contributed by atoms with van der Waals surface area (Å²) in [5, 5.41) is 14.6. The van der Waals surface area contributed by atoms with E-state index in [9.17, 15) is 9.59 Å². The van der Waals surface area contributed by atoms with E-state index in [1.807, 2.05) is 17.5 Å². The van der Waals surface area contributed by atoms with Gasteiger partial charge in [0.05, 0.1) is 10.3 Å². The lowest BCUT2D eigenvalue weighted by Gasteiger charge is -2.07. The molecule has 0 aliphatic heterocycles. The SMILES string of the molecule is Cn1nc(C(=O)OCc2nnc(-c3cccs3)o2)c2ccccc2c1=O. The van der Waals surface area contributed by atoms with Crippen molar-refractivity contribution in [2.75, 3.05) is 0 Å². The highest BCUT2D eigenvalue weighted by atomic mass is 32.1. The van der Waals surface area contributed by atoms with Crippen molar-refractivity contribution in [1.29, 1.82) is 0 Å². The van der Waals surface area contributed by atoms with Gasteiger partial charge in [0.1, 0.15) is 0 Å². The summed E-state index contributed by atoms with van der Waals surface area (Å²) in [5.74, 6) is -0.125. The summed E-state index contributed by atoms with van der Waals surface area (Å²) in [5.41, 5.74) is -0.227. The molecule has 3 heterocycles. The van der Waals surface area contributed by atoms with Crippen molar-refractivity contribution >= 4 is 28.1 Å². The molecule has 0 aliphatic carbocycles. The maximum absolute atomic E-state index is 12.4. The molecular formula is C17H12N4O4S. The molecule has 8 nitrogen and oxygen atoms in total. The van der Waals surface area contributed by atoms with Gasteiger partial charge in [0.2, 0.25) is 0 Å². The van der Waals surface area contributed by atoms with Crippen LogP contribution >= 0.6 is 11.3 Å². The zero-order chi connectivity index (χ0) is 18.1. The summed E-state index contributed by atoms with van der Waals surface area (Å²) in [4.78, 5) is 25.4.